The van der Waals surface area contributed by atoms with Gasteiger partial charge in [0.1, 0.15) is 5.75 Å². The van der Waals surface area contributed by atoms with Crippen LogP contribution in [0.5, 0.6) is 5.75 Å². The van der Waals surface area contributed by atoms with Crippen LogP contribution in [-0.4, -0.2) is 12.2 Å². The SMILES string of the molecule is COc1cccc(C2(O)CCC(C)C(C)C2)c1. The summed E-state index contributed by atoms with van der Waals surface area (Å²) in [5.41, 5.74) is 0.330. The van der Waals surface area contributed by atoms with Gasteiger partial charge in [-0.25, -0.2) is 0 Å². The topological polar surface area (TPSA) is 29.5 Å². The van der Waals surface area contributed by atoms with Gasteiger partial charge < -0.3 is 9.84 Å². The Balaban J connectivity index is 2.25. The standard InChI is InChI=1S/C15H22O2/c1-11-7-8-15(16,10-12(11)2)13-5-4-6-14(9-13)17-3/h4-6,9,11-12,16H,7-8,10H2,1-3H3. The summed E-state index contributed by atoms with van der Waals surface area (Å²) in [6.45, 7) is 4.50. The van der Waals surface area contributed by atoms with Crippen molar-refractivity contribution in [2.75, 3.05) is 7.11 Å². The number of aliphatic hydroxyl groups is 1. The summed E-state index contributed by atoms with van der Waals surface area (Å²) in [6.07, 6.45) is 2.79. The van der Waals surface area contributed by atoms with Crippen LogP contribution in [0.25, 0.3) is 0 Å². The number of methoxy groups -OCH3 is 1. The highest BCUT2D eigenvalue weighted by Gasteiger charge is 2.37. The first-order chi connectivity index (χ1) is 8.05. The van der Waals surface area contributed by atoms with Gasteiger partial charge in [0.05, 0.1) is 12.7 Å². The van der Waals surface area contributed by atoms with Gasteiger partial charge in [-0.3, -0.25) is 0 Å². The Morgan fingerprint density at radius 1 is 1.29 bits per heavy atom. The predicted octanol–water partition coefficient (Wildman–Crippen LogP) is 3.34. The lowest BCUT2D eigenvalue weighted by atomic mass is 9.70. The van der Waals surface area contributed by atoms with Crippen molar-refractivity contribution in [1.82, 2.24) is 0 Å². The van der Waals surface area contributed by atoms with Crippen molar-refractivity contribution in [3.63, 3.8) is 0 Å². The largest absolute Gasteiger partial charge is 0.497 e. The third-order valence-corrected chi connectivity index (χ3v) is 4.25. The highest BCUT2D eigenvalue weighted by atomic mass is 16.5. The molecular formula is C15H22O2. The molecule has 3 atom stereocenters. The normalized spacial score (nSPS) is 33.4. The Hall–Kier alpha value is -1.02. The zero-order valence-electron chi connectivity index (χ0n) is 10.9. The van der Waals surface area contributed by atoms with Crippen LogP contribution < -0.4 is 4.74 Å². The van der Waals surface area contributed by atoms with E-state index in [1.165, 1.54) is 0 Å². The van der Waals surface area contributed by atoms with Crippen molar-refractivity contribution < 1.29 is 9.84 Å². The second kappa shape index (κ2) is 4.69. The molecule has 0 saturated heterocycles. The van der Waals surface area contributed by atoms with Crippen molar-refractivity contribution in [3.8, 4) is 5.75 Å². The number of ether oxygens (including phenoxy) is 1. The molecule has 0 radical (unpaired) electrons. The maximum Gasteiger partial charge on any atom is 0.119 e. The molecular weight excluding hydrogens is 212 g/mol. The molecule has 0 amide bonds. The molecule has 0 bridgehead atoms. The molecule has 17 heavy (non-hydrogen) atoms. The Bertz CT molecular complexity index is 388. The van der Waals surface area contributed by atoms with Crippen molar-refractivity contribution in [2.45, 2.75) is 38.7 Å². The quantitative estimate of drug-likeness (QED) is 0.850. The molecule has 0 heterocycles. The maximum absolute atomic E-state index is 10.8. The average Bonchev–Trinajstić information content (AvgIpc) is 2.34. The lowest BCUT2D eigenvalue weighted by Crippen LogP contribution is -2.35. The van der Waals surface area contributed by atoms with E-state index in [-0.39, 0.29) is 0 Å². The number of benzene rings is 1. The van der Waals surface area contributed by atoms with Gasteiger partial charge in [0.2, 0.25) is 0 Å². The van der Waals surface area contributed by atoms with Gasteiger partial charge in [-0.1, -0.05) is 26.0 Å². The lowest BCUT2D eigenvalue weighted by Gasteiger charge is -2.39. The third-order valence-electron chi connectivity index (χ3n) is 4.25. The van der Waals surface area contributed by atoms with Crippen molar-refractivity contribution in [1.29, 1.82) is 0 Å². The van der Waals surface area contributed by atoms with Crippen LogP contribution in [0.1, 0.15) is 38.7 Å². The second-order valence-corrected chi connectivity index (χ2v) is 5.46. The van der Waals surface area contributed by atoms with Gasteiger partial charge >= 0.3 is 0 Å². The van der Waals surface area contributed by atoms with Gasteiger partial charge in [-0.2, -0.15) is 0 Å². The summed E-state index contributed by atoms with van der Waals surface area (Å²) >= 11 is 0. The minimum atomic E-state index is -0.666. The Morgan fingerprint density at radius 3 is 2.71 bits per heavy atom. The summed E-state index contributed by atoms with van der Waals surface area (Å²) in [5.74, 6) is 2.10. The second-order valence-electron chi connectivity index (χ2n) is 5.46. The molecule has 1 fully saturated rings. The highest BCUT2D eigenvalue weighted by Crippen LogP contribution is 2.42. The monoisotopic (exact) mass is 234 g/mol. The van der Waals surface area contributed by atoms with Crippen LogP contribution in [0.3, 0.4) is 0 Å². The van der Waals surface area contributed by atoms with E-state index in [0.29, 0.717) is 11.8 Å². The van der Waals surface area contributed by atoms with E-state index in [2.05, 4.69) is 13.8 Å². The van der Waals surface area contributed by atoms with E-state index in [1.807, 2.05) is 24.3 Å². The number of hydrogen-bond acceptors (Lipinski definition) is 2. The van der Waals surface area contributed by atoms with E-state index in [1.54, 1.807) is 7.11 Å². The van der Waals surface area contributed by atoms with Gasteiger partial charge in [-0.05, 0) is 48.8 Å². The lowest BCUT2D eigenvalue weighted by molar-refractivity contribution is -0.0337. The summed E-state index contributed by atoms with van der Waals surface area (Å²) in [5, 5.41) is 10.8. The minimum absolute atomic E-state index is 0.569. The summed E-state index contributed by atoms with van der Waals surface area (Å²) < 4.78 is 5.23. The Labute approximate surface area is 104 Å². The van der Waals surface area contributed by atoms with Crippen LogP contribution in [0.15, 0.2) is 24.3 Å². The smallest absolute Gasteiger partial charge is 0.119 e. The first-order valence-corrected chi connectivity index (χ1v) is 6.42. The van der Waals surface area contributed by atoms with Gasteiger partial charge in [0.15, 0.2) is 0 Å². The maximum atomic E-state index is 10.8. The molecule has 1 aliphatic carbocycles. The van der Waals surface area contributed by atoms with E-state index < -0.39 is 5.60 Å². The van der Waals surface area contributed by atoms with Crippen molar-refractivity contribution >= 4 is 0 Å². The van der Waals surface area contributed by atoms with Crippen molar-refractivity contribution in [3.05, 3.63) is 29.8 Å². The van der Waals surface area contributed by atoms with Crippen molar-refractivity contribution in [2.24, 2.45) is 11.8 Å². The first kappa shape index (κ1) is 12.4. The van der Waals surface area contributed by atoms with E-state index >= 15 is 0 Å². The molecule has 0 aromatic heterocycles. The van der Waals surface area contributed by atoms with Crippen LogP contribution in [0, 0.1) is 11.8 Å². The Kier molecular flexibility index (Phi) is 3.43. The summed E-state index contributed by atoms with van der Waals surface area (Å²) in [6, 6.07) is 7.84. The minimum Gasteiger partial charge on any atom is -0.497 e. The van der Waals surface area contributed by atoms with Gasteiger partial charge in [0.25, 0.3) is 0 Å². The molecule has 1 aromatic rings. The zero-order chi connectivity index (χ0) is 12.5. The fraction of sp³-hybridized carbons (Fsp3) is 0.600. The summed E-state index contributed by atoms with van der Waals surface area (Å²) in [4.78, 5) is 0. The third kappa shape index (κ3) is 2.47. The van der Waals surface area contributed by atoms with Gasteiger partial charge in [0, 0.05) is 0 Å². The molecule has 2 rings (SSSR count). The molecule has 1 aliphatic rings. The van der Waals surface area contributed by atoms with Crippen LogP contribution in [0.2, 0.25) is 0 Å². The molecule has 0 aliphatic heterocycles. The number of hydrogen-bond donors (Lipinski definition) is 1. The van der Waals surface area contributed by atoms with Gasteiger partial charge in [-0.15, -0.1) is 0 Å². The molecule has 94 valence electrons. The van der Waals surface area contributed by atoms with Crippen LogP contribution in [-0.2, 0) is 5.60 Å². The first-order valence-electron chi connectivity index (χ1n) is 6.42. The fourth-order valence-corrected chi connectivity index (χ4v) is 2.76. The summed E-state index contributed by atoms with van der Waals surface area (Å²) in [7, 11) is 1.66. The highest BCUT2D eigenvalue weighted by molar-refractivity contribution is 5.32. The van der Waals surface area contributed by atoms with E-state index in [4.69, 9.17) is 4.74 Å². The fourth-order valence-electron chi connectivity index (χ4n) is 2.76. The van der Waals surface area contributed by atoms with E-state index in [0.717, 1.165) is 30.6 Å². The zero-order valence-corrected chi connectivity index (χ0v) is 10.9. The molecule has 1 aromatic carbocycles. The van der Waals surface area contributed by atoms with E-state index in [9.17, 15) is 5.11 Å². The molecule has 3 unspecified atom stereocenters. The molecule has 1 saturated carbocycles. The Morgan fingerprint density at radius 2 is 2.06 bits per heavy atom. The molecule has 2 nitrogen and oxygen atoms in total. The molecule has 1 N–H and O–H groups in total. The molecule has 0 spiro atoms. The predicted molar refractivity (Wildman–Crippen MR) is 69.1 cm³/mol. The molecule has 2 heteroatoms. The number of rotatable bonds is 2. The average molecular weight is 234 g/mol. The van der Waals surface area contributed by atoms with Crippen LogP contribution >= 0.6 is 0 Å². The van der Waals surface area contributed by atoms with Crippen LogP contribution in [0.4, 0.5) is 0 Å².